The number of carbonyl (C=O) groups is 5. The maximum atomic E-state index is 15.1. The normalized spacial score (nSPS) is 21.1. The quantitative estimate of drug-likeness (QED) is 0.150. The number of hydrogen-bond acceptors (Lipinski definition) is 10. The zero-order valence-corrected chi connectivity index (χ0v) is 43.4. The molecule has 75 heavy (non-hydrogen) atoms. The summed E-state index contributed by atoms with van der Waals surface area (Å²) in [6.45, 7) is 9.26. The Morgan fingerprint density at radius 1 is 0.680 bits per heavy atom. The van der Waals surface area contributed by atoms with Gasteiger partial charge in [-0.25, -0.2) is 9.49 Å². The molecule has 0 radical (unpaired) electrons. The van der Waals surface area contributed by atoms with Crippen LogP contribution in [0.1, 0.15) is 114 Å². The number of likely N-dealkylation sites (tertiary alicyclic amines) is 2. The molecule has 400 valence electrons. The Hall–Kier alpha value is -6.04. The summed E-state index contributed by atoms with van der Waals surface area (Å²) in [6, 6.07) is 18.9. The Bertz CT molecular complexity index is 2740. The number of aromatic amines is 1. The number of rotatable bonds is 16. The van der Waals surface area contributed by atoms with E-state index in [-0.39, 0.29) is 53.2 Å². The molecule has 16 nitrogen and oxygen atoms in total. The maximum Gasteiger partial charge on any atom is 0.272 e. The van der Waals surface area contributed by atoms with Gasteiger partial charge in [0.15, 0.2) is 0 Å². The number of aromatic nitrogens is 2. The van der Waals surface area contributed by atoms with Crippen molar-refractivity contribution in [1.29, 1.82) is 0 Å². The van der Waals surface area contributed by atoms with E-state index in [1.165, 1.54) is 18.9 Å². The molecule has 4 aliphatic heterocycles. The van der Waals surface area contributed by atoms with Crippen molar-refractivity contribution in [3.8, 4) is 0 Å². The zero-order valence-electron chi connectivity index (χ0n) is 43.4. The van der Waals surface area contributed by atoms with Gasteiger partial charge in [0.1, 0.15) is 18.5 Å². The second-order valence-electron chi connectivity index (χ2n) is 22.2. The zero-order chi connectivity index (χ0) is 51.8. The van der Waals surface area contributed by atoms with Crippen LogP contribution in [0, 0.1) is 23.6 Å². The summed E-state index contributed by atoms with van der Waals surface area (Å²) in [7, 11) is 0. The van der Waals surface area contributed by atoms with E-state index in [1.54, 1.807) is 29.2 Å². The Balaban J connectivity index is 0.652. The number of hydrogen-bond donors (Lipinski definition) is 2. The Morgan fingerprint density at radius 3 is 2.17 bits per heavy atom. The molecular formula is C58H74FN9O7. The van der Waals surface area contributed by atoms with Gasteiger partial charge in [0.05, 0.1) is 29.8 Å². The lowest BCUT2D eigenvalue weighted by Gasteiger charge is -2.41. The van der Waals surface area contributed by atoms with Crippen molar-refractivity contribution in [2.24, 2.45) is 17.8 Å². The minimum absolute atomic E-state index is 0.0219. The van der Waals surface area contributed by atoms with Crippen molar-refractivity contribution >= 4 is 40.3 Å². The second kappa shape index (κ2) is 24.3. The fourth-order valence-electron chi connectivity index (χ4n) is 12.2. The number of fused-ring (bicyclic) bond motifs is 1. The molecule has 1 aromatic heterocycles. The molecule has 5 amide bonds. The highest BCUT2D eigenvalue weighted by atomic mass is 19.1. The molecule has 5 heterocycles. The van der Waals surface area contributed by atoms with Gasteiger partial charge in [0.25, 0.3) is 17.4 Å². The fraction of sp³-hybridized carbons (Fsp3) is 0.569. The summed E-state index contributed by atoms with van der Waals surface area (Å²) in [6.07, 6.45) is 11.6. The summed E-state index contributed by atoms with van der Waals surface area (Å²) >= 11 is 0. The Labute approximate surface area is 439 Å². The van der Waals surface area contributed by atoms with Gasteiger partial charge in [0, 0.05) is 95.3 Å². The van der Waals surface area contributed by atoms with Gasteiger partial charge in [-0.1, -0.05) is 55.7 Å². The highest BCUT2D eigenvalue weighted by Gasteiger charge is 2.37. The molecule has 6 aliphatic rings. The fourth-order valence-corrected chi connectivity index (χ4v) is 12.2. The maximum absolute atomic E-state index is 15.1. The summed E-state index contributed by atoms with van der Waals surface area (Å²) in [5.74, 6) is 0.204. The van der Waals surface area contributed by atoms with Gasteiger partial charge in [-0.05, 0) is 124 Å². The van der Waals surface area contributed by atoms with Crippen LogP contribution in [0.2, 0.25) is 0 Å². The number of nitrogens with zero attached hydrogens (tertiary/aromatic N) is 7. The van der Waals surface area contributed by atoms with Crippen molar-refractivity contribution < 1.29 is 33.1 Å². The summed E-state index contributed by atoms with van der Waals surface area (Å²) in [5.41, 5.74) is 2.61. The van der Waals surface area contributed by atoms with E-state index >= 15 is 4.39 Å². The lowest BCUT2D eigenvalue weighted by Crippen LogP contribution is -2.57. The van der Waals surface area contributed by atoms with E-state index in [0.717, 1.165) is 103 Å². The topological polar surface area (TPSA) is 172 Å². The van der Waals surface area contributed by atoms with Crippen molar-refractivity contribution in [2.75, 3.05) is 105 Å². The molecule has 2 aliphatic carbocycles. The number of benzene rings is 3. The van der Waals surface area contributed by atoms with E-state index in [0.29, 0.717) is 105 Å². The molecule has 2 N–H and O–H groups in total. The van der Waals surface area contributed by atoms with Crippen LogP contribution in [0.5, 0.6) is 0 Å². The third-order valence-corrected chi connectivity index (χ3v) is 16.9. The Kier molecular flexibility index (Phi) is 17.0. The van der Waals surface area contributed by atoms with Crippen LogP contribution in [0.25, 0.3) is 10.8 Å². The van der Waals surface area contributed by atoms with Crippen LogP contribution in [0.4, 0.5) is 4.39 Å². The van der Waals surface area contributed by atoms with E-state index in [1.807, 2.05) is 45.0 Å². The number of ether oxygens (including phenoxy) is 1. The average molecular weight is 1030 g/mol. The van der Waals surface area contributed by atoms with E-state index in [9.17, 15) is 28.8 Å². The third kappa shape index (κ3) is 13.1. The number of piperazine rings is 2. The third-order valence-electron chi connectivity index (χ3n) is 16.9. The number of amides is 5. The lowest BCUT2D eigenvalue weighted by molar-refractivity contribution is -0.138. The highest BCUT2D eigenvalue weighted by molar-refractivity contribution is 5.98. The first kappa shape index (κ1) is 52.4. The van der Waals surface area contributed by atoms with Crippen LogP contribution in [-0.2, 0) is 25.5 Å². The van der Waals surface area contributed by atoms with E-state index < -0.39 is 17.8 Å². The molecule has 2 unspecified atom stereocenters. The first-order chi connectivity index (χ1) is 36.5. The lowest BCUT2D eigenvalue weighted by atomic mass is 9.83. The summed E-state index contributed by atoms with van der Waals surface area (Å²) in [5, 5.41) is 11.2. The van der Waals surface area contributed by atoms with Crippen molar-refractivity contribution in [1.82, 2.24) is 44.9 Å². The average Bonchev–Trinajstić information content (AvgIpc) is 4.29. The first-order valence-electron chi connectivity index (χ1n) is 27.8. The molecule has 2 atom stereocenters. The smallest absolute Gasteiger partial charge is 0.272 e. The highest BCUT2D eigenvalue weighted by Crippen LogP contribution is 2.32. The van der Waals surface area contributed by atoms with Crippen molar-refractivity contribution in [3.05, 3.63) is 111 Å². The van der Waals surface area contributed by atoms with Crippen molar-refractivity contribution in [2.45, 2.75) is 89.0 Å². The Morgan fingerprint density at radius 2 is 1.41 bits per heavy atom. The largest absolute Gasteiger partial charge is 0.371 e. The van der Waals surface area contributed by atoms with Gasteiger partial charge >= 0.3 is 0 Å². The number of halogens is 1. The van der Waals surface area contributed by atoms with Crippen molar-refractivity contribution in [3.63, 3.8) is 0 Å². The summed E-state index contributed by atoms with van der Waals surface area (Å²) < 4.78 is 20.8. The van der Waals surface area contributed by atoms with Gasteiger partial charge in [-0.2, -0.15) is 5.10 Å². The summed E-state index contributed by atoms with van der Waals surface area (Å²) in [4.78, 5) is 92.9. The predicted molar refractivity (Wildman–Crippen MR) is 283 cm³/mol. The molecular weight excluding hydrogens is 954 g/mol. The number of H-pyrrole nitrogens is 1. The molecule has 0 bridgehead atoms. The monoisotopic (exact) mass is 1030 g/mol. The first-order valence-corrected chi connectivity index (χ1v) is 27.8. The number of carbonyl (C=O) groups excluding carboxylic acids is 5. The van der Waals surface area contributed by atoms with Gasteiger partial charge in [0.2, 0.25) is 17.7 Å². The van der Waals surface area contributed by atoms with Crippen LogP contribution >= 0.6 is 0 Å². The van der Waals surface area contributed by atoms with Crippen LogP contribution < -0.4 is 10.9 Å². The van der Waals surface area contributed by atoms with Gasteiger partial charge < -0.3 is 29.7 Å². The van der Waals surface area contributed by atoms with Crippen LogP contribution in [-0.4, -0.2) is 180 Å². The van der Waals surface area contributed by atoms with E-state index in [4.69, 9.17) is 4.74 Å². The second-order valence-corrected chi connectivity index (χ2v) is 22.2. The minimum atomic E-state index is -0.606. The molecule has 2 saturated carbocycles. The standard InChI is InChI=1S/C58H74FN9O7/c59-50-18-17-42(33-51-47-13-4-5-14-48(47)56(72)62-61-51)32-49(50)57(73)66-30-28-65(29-31-66)52(69)37-63-22-19-40(20-23-63)35-64-24-26-67(27-25-64)58(74)54(43-8-2-1-3-9-43)60-55(71)45-11-6-10-44(34-45)46-12-7-21-68(36-46)53(70)39-75-38-41-15-16-41/h4-6,10-11,13-14,17-18,32,34,40-41,43,46,54H,1-3,7-9,12,15-16,19-31,33,35-39H2,(H,60,71)(H,62,72). The van der Waals surface area contributed by atoms with Crippen LogP contribution in [0.3, 0.4) is 0 Å². The molecule has 3 aromatic carbocycles. The molecule has 10 rings (SSSR count). The SMILES string of the molecule is O=C(NC(C(=O)N1CCN(CC2CCN(CC(=O)N3CCN(C(=O)c4cc(Cc5n[nH]c(=O)c6ccccc56)ccc4F)CC3)CC2)CC1)C1CCCCC1)c1cccc(C2CCCN(C(=O)COCC3CC3)C2)c1. The number of piperidine rings is 2. The van der Waals surface area contributed by atoms with Crippen LogP contribution in [0.15, 0.2) is 71.5 Å². The van der Waals surface area contributed by atoms with Gasteiger partial charge in [-0.15, -0.1) is 0 Å². The van der Waals surface area contributed by atoms with E-state index in [2.05, 4.69) is 31.4 Å². The molecule has 4 saturated heterocycles. The molecule has 4 aromatic rings. The van der Waals surface area contributed by atoms with Gasteiger partial charge in [-0.3, -0.25) is 38.6 Å². The predicted octanol–water partition coefficient (Wildman–Crippen LogP) is 5.31. The molecule has 0 spiro atoms. The molecule has 17 heteroatoms. The molecule has 6 fully saturated rings. The number of nitrogens with one attached hydrogen (secondary N) is 2. The minimum Gasteiger partial charge on any atom is -0.371 e.